The average molecular weight is 347 g/mol. The number of carbonyl (C=O) groups is 1. The topological polar surface area (TPSA) is 68.5 Å². The second-order valence-corrected chi connectivity index (χ2v) is 6.23. The van der Waals surface area contributed by atoms with E-state index in [1.54, 1.807) is 25.1 Å². The second kappa shape index (κ2) is 8.09. The Bertz CT molecular complexity index is 719. The lowest BCUT2D eigenvalue weighted by molar-refractivity contribution is -0.132. The first-order valence-electron chi connectivity index (χ1n) is 8.59. The van der Waals surface area contributed by atoms with E-state index in [1.165, 1.54) is 6.07 Å². The van der Waals surface area contributed by atoms with E-state index in [2.05, 4.69) is 10.1 Å². The van der Waals surface area contributed by atoms with Gasteiger partial charge in [0, 0.05) is 32.4 Å². The number of rotatable bonds is 6. The molecule has 2 aromatic rings. The molecule has 1 aromatic carbocycles. The maximum atomic E-state index is 13.5. The molecule has 7 heteroatoms. The minimum Gasteiger partial charge on any atom is -0.491 e. The molecule has 1 fully saturated rings. The van der Waals surface area contributed by atoms with Crippen molar-refractivity contribution in [2.45, 2.75) is 38.5 Å². The van der Waals surface area contributed by atoms with E-state index in [4.69, 9.17) is 9.26 Å². The van der Waals surface area contributed by atoms with Crippen LogP contribution in [-0.4, -0.2) is 40.6 Å². The molecule has 1 atom stereocenters. The molecule has 1 amide bonds. The first kappa shape index (κ1) is 17.4. The molecule has 6 nitrogen and oxygen atoms in total. The number of piperidine rings is 1. The van der Waals surface area contributed by atoms with Gasteiger partial charge in [-0.1, -0.05) is 17.3 Å². The summed E-state index contributed by atoms with van der Waals surface area (Å²) < 4.78 is 23.9. The highest BCUT2D eigenvalue weighted by Crippen LogP contribution is 2.25. The molecule has 0 N–H and O–H groups in total. The normalized spacial score (nSPS) is 17.5. The monoisotopic (exact) mass is 347 g/mol. The summed E-state index contributed by atoms with van der Waals surface area (Å²) in [7, 11) is 0. The number of carbonyl (C=O) groups excluding carboxylic acids is 1. The summed E-state index contributed by atoms with van der Waals surface area (Å²) in [6, 6.07) is 6.27. The summed E-state index contributed by atoms with van der Waals surface area (Å²) in [5.41, 5.74) is 0. The number of aromatic nitrogens is 2. The summed E-state index contributed by atoms with van der Waals surface area (Å²) in [5.74, 6) is 1.28. The Balaban J connectivity index is 1.44. The Morgan fingerprint density at radius 3 is 3.04 bits per heavy atom. The van der Waals surface area contributed by atoms with E-state index >= 15 is 0 Å². The smallest absolute Gasteiger partial charge is 0.223 e. The summed E-state index contributed by atoms with van der Waals surface area (Å²) >= 11 is 0. The second-order valence-electron chi connectivity index (χ2n) is 6.23. The molecule has 0 spiro atoms. The molecule has 3 rings (SSSR count). The Kier molecular flexibility index (Phi) is 5.63. The first-order valence-corrected chi connectivity index (χ1v) is 8.59. The predicted octanol–water partition coefficient (Wildman–Crippen LogP) is 3.08. The zero-order valence-electron chi connectivity index (χ0n) is 14.3. The summed E-state index contributed by atoms with van der Waals surface area (Å²) in [6.07, 6.45) is 2.82. The lowest BCUT2D eigenvalue weighted by atomic mass is 9.97. The van der Waals surface area contributed by atoms with E-state index in [0.717, 1.165) is 19.4 Å². The molecular formula is C18H22FN3O3. The molecule has 1 aliphatic rings. The van der Waals surface area contributed by atoms with E-state index in [1.807, 2.05) is 4.90 Å². The van der Waals surface area contributed by atoms with Gasteiger partial charge in [0.15, 0.2) is 17.4 Å². The fourth-order valence-electron chi connectivity index (χ4n) is 3.02. The number of aryl methyl sites for hydroxylation is 1. The number of hydrogen-bond acceptors (Lipinski definition) is 5. The van der Waals surface area contributed by atoms with Crippen molar-refractivity contribution in [3.63, 3.8) is 0 Å². The van der Waals surface area contributed by atoms with Gasteiger partial charge in [0.05, 0.1) is 6.61 Å². The fraction of sp³-hybridized carbons (Fsp3) is 0.500. The van der Waals surface area contributed by atoms with Crippen molar-refractivity contribution in [2.75, 3.05) is 19.7 Å². The minimum atomic E-state index is -0.386. The van der Waals surface area contributed by atoms with Crippen molar-refractivity contribution in [1.82, 2.24) is 15.0 Å². The Labute approximate surface area is 146 Å². The highest BCUT2D eigenvalue weighted by molar-refractivity contribution is 5.76. The van der Waals surface area contributed by atoms with Crippen LogP contribution in [-0.2, 0) is 4.79 Å². The molecule has 1 saturated heterocycles. The summed E-state index contributed by atoms with van der Waals surface area (Å²) in [6.45, 7) is 3.44. The van der Waals surface area contributed by atoms with Crippen LogP contribution >= 0.6 is 0 Å². The number of hydrogen-bond donors (Lipinski definition) is 0. The minimum absolute atomic E-state index is 0.0852. The van der Waals surface area contributed by atoms with Gasteiger partial charge in [0.1, 0.15) is 0 Å². The zero-order valence-corrected chi connectivity index (χ0v) is 14.3. The molecule has 1 aromatic heterocycles. The van der Waals surface area contributed by atoms with Crippen LogP contribution in [0.15, 0.2) is 28.8 Å². The van der Waals surface area contributed by atoms with Crippen molar-refractivity contribution >= 4 is 5.91 Å². The molecule has 134 valence electrons. The molecule has 0 aliphatic carbocycles. The highest BCUT2D eigenvalue weighted by atomic mass is 19.1. The lowest BCUT2D eigenvalue weighted by Gasteiger charge is -2.31. The van der Waals surface area contributed by atoms with Crippen LogP contribution in [0.3, 0.4) is 0 Å². The maximum Gasteiger partial charge on any atom is 0.223 e. The van der Waals surface area contributed by atoms with Crippen LogP contribution in [0.2, 0.25) is 0 Å². The van der Waals surface area contributed by atoms with Crippen molar-refractivity contribution in [3.8, 4) is 5.75 Å². The molecular weight excluding hydrogens is 325 g/mol. The first-order chi connectivity index (χ1) is 12.1. The number of benzene rings is 1. The average Bonchev–Trinajstić information content (AvgIpc) is 3.06. The van der Waals surface area contributed by atoms with Crippen molar-refractivity contribution in [2.24, 2.45) is 0 Å². The largest absolute Gasteiger partial charge is 0.491 e. The molecule has 0 saturated carbocycles. The van der Waals surface area contributed by atoms with Crippen LogP contribution in [0.1, 0.15) is 43.3 Å². The van der Waals surface area contributed by atoms with Gasteiger partial charge in [0.25, 0.3) is 0 Å². The SMILES string of the molecule is Cc1nc([C@@H]2CCCN(C(=O)CCCOc3ccccc3F)C2)no1. The van der Waals surface area contributed by atoms with Gasteiger partial charge in [0.2, 0.25) is 11.8 Å². The Morgan fingerprint density at radius 2 is 2.28 bits per heavy atom. The highest BCUT2D eigenvalue weighted by Gasteiger charge is 2.27. The van der Waals surface area contributed by atoms with Gasteiger partial charge < -0.3 is 14.2 Å². The van der Waals surface area contributed by atoms with Gasteiger partial charge in [-0.3, -0.25) is 4.79 Å². The third-order valence-corrected chi connectivity index (χ3v) is 4.31. The van der Waals surface area contributed by atoms with Gasteiger partial charge in [-0.15, -0.1) is 0 Å². The third kappa shape index (κ3) is 4.55. The molecule has 0 radical (unpaired) electrons. The van der Waals surface area contributed by atoms with E-state index < -0.39 is 0 Å². The van der Waals surface area contributed by atoms with Crippen LogP contribution < -0.4 is 4.74 Å². The number of halogens is 1. The number of amides is 1. The van der Waals surface area contributed by atoms with Crippen LogP contribution in [0.4, 0.5) is 4.39 Å². The van der Waals surface area contributed by atoms with Gasteiger partial charge in [-0.05, 0) is 31.4 Å². The van der Waals surface area contributed by atoms with Crippen molar-refractivity contribution in [3.05, 3.63) is 41.8 Å². The third-order valence-electron chi connectivity index (χ3n) is 4.31. The molecule has 25 heavy (non-hydrogen) atoms. The molecule has 0 bridgehead atoms. The van der Waals surface area contributed by atoms with Gasteiger partial charge in [-0.2, -0.15) is 4.98 Å². The summed E-state index contributed by atoms with van der Waals surface area (Å²) in [5, 5.41) is 3.97. The zero-order chi connectivity index (χ0) is 17.6. The van der Waals surface area contributed by atoms with E-state index in [9.17, 15) is 9.18 Å². The molecule has 1 aliphatic heterocycles. The number of ether oxygens (including phenoxy) is 1. The molecule has 2 heterocycles. The van der Waals surface area contributed by atoms with E-state index in [0.29, 0.717) is 37.7 Å². The van der Waals surface area contributed by atoms with E-state index in [-0.39, 0.29) is 23.4 Å². The van der Waals surface area contributed by atoms with Gasteiger partial charge in [-0.25, -0.2) is 4.39 Å². The standard InChI is InChI=1S/C18H22FN3O3/c1-13-20-18(21-25-13)14-6-4-10-22(12-14)17(23)9-5-11-24-16-8-3-2-7-15(16)19/h2-3,7-8,14H,4-6,9-12H2,1H3/t14-/m1/s1. The molecule has 0 unspecified atom stereocenters. The Morgan fingerprint density at radius 1 is 1.44 bits per heavy atom. The maximum absolute atomic E-state index is 13.5. The predicted molar refractivity (Wildman–Crippen MR) is 88.7 cm³/mol. The number of likely N-dealkylation sites (tertiary alicyclic amines) is 1. The van der Waals surface area contributed by atoms with Crippen LogP contribution in [0, 0.1) is 12.7 Å². The number of nitrogens with zero attached hydrogens (tertiary/aromatic N) is 3. The quantitative estimate of drug-likeness (QED) is 0.751. The lowest BCUT2D eigenvalue weighted by Crippen LogP contribution is -2.39. The van der Waals surface area contributed by atoms with Crippen LogP contribution in [0.25, 0.3) is 0 Å². The van der Waals surface area contributed by atoms with Gasteiger partial charge >= 0.3 is 0 Å². The Hall–Kier alpha value is -2.44. The number of para-hydroxylation sites is 1. The fourth-order valence-corrected chi connectivity index (χ4v) is 3.02. The van der Waals surface area contributed by atoms with Crippen LogP contribution in [0.5, 0.6) is 5.75 Å². The summed E-state index contributed by atoms with van der Waals surface area (Å²) in [4.78, 5) is 18.5. The van der Waals surface area contributed by atoms with Crippen molar-refractivity contribution < 1.29 is 18.4 Å². The van der Waals surface area contributed by atoms with Crippen molar-refractivity contribution in [1.29, 1.82) is 0 Å².